The molecule has 8 heteroatoms. The van der Waals surface area contributed by atoms with Crippen molar-refractivity contribution in [1.29, 1.82) is 0 Å². The van der Waals surface area contributed by atoms with Gasteiger partial charge in [0.1, 0.15) is 4.83 Å². The van der Waals surface area contributed by atoms with Gasteiger partial charge in [0.25, 0.3) is 11.2 Å². The summed E-state index contributed by atoms with van der Waals surface area (Å²) in [5.41, 5.74) is 1.86. The van der Waals surface area contributed by atoms with E-state index in [1.807, 2.05) is 40.7 Å². The molecular weight excluding hydrogens is 382 g/mol. The standard InChI is InChI=1S/C19H21N3O3S2/c1-10(2)21-18(23)16-11(3)12(4)26-17(16)20-19(21)27-13(5)14-7-6-8-15(9-14)22(24)25/h6-10,13H,1-5H3/t13-/m0/s1. The molecule has 27 heavy (non-hydrogen) atoms. The molecule has 1 atom stereocenters. The van der Waals surface area contributed by atoms with E-state index in [0.29, 0.717) is 10.5 Å². The van der Waals surface area contributed by atoms with Crippen LogP contribution in [-0.4, -0.2) is 14.5 Å². The number of nitro groups is 1. The van der Waals surface area contributed by atoms with Crippen molar-refractivity contribution >= 4 is 39.0 Å². The van der Waals surface area contributed by atoms with Gasteiger partial charge in [0.15, 0.2) is 5.16 Å². The number of fused-ring (bicyclic) bond motifs is 1. The molecular formula is C19H21N3O3S2. The first-order valence-corrected chi connectivity index (χ1v) is 10.3. The van der Waals surface area contributed by atoms with Crippen LogP contribution in [0.15, 0.2) is 34.2 Å². The fraction of sp³-hybridized carbons (Fsp3) is 0.368. The summed E-state index contributed by atoms with van der Waals surface area (Å²) < 4.78 is 1.72. The van der Waals surface area contributed by atoms with Crippen molar-refractivity contribution in [2.75, 3.05) is 0 Å². The van der Waals surface area contributed by atoms with Crippen molar-refractivity contribution in [3.63, 3.8) is 0 Å². The van der Waals surface area contributed by atoms with Gasteiger partial charge in [0.2, 0.25) is 0 Å². The zero-order valence-corrected chi connectivity index (χ0v) is 17.5. The Labute approximate surface area is 165 Å². The number of aryl methyl sites for hydroxylation is 2. The van der Waals surface area contributed by atoms with Gasteiger partial charge in [0, 0.05) is 28.3 Å². The Morgan fingerprint density at radius 1 is 1.26 bits per heavy atom. The van der Waals surface area contributed by atoms with Crippen LogP contribution in [0.5, 0.6) is 0 Å². The van der Waals surface area contributed by atoms with Gasteiger partial charge in [-0.3, -0.25) is 19.5 Å². The van der Waals surface area contributed by atoms with E-state index in [2.05, 4.69) is 0 Å². The van der Waals surface area contributed by atoms with Gasteiger partial charge < -0.3 is 0 Å². The second kappa shape index (κ2) is 7.44. The number of benzene rings is 1. The monoisotopic (exact) mass is 403 g/mol. The number of nitrogens with zero attached hydrogens (tertiary/aromatic N) is 3. The van der Waals surface area contributed by atoms with Crippen LogP contribution < -0.4 is 5.56 Å². The predicted molar refractivity (Wildman–Crippen MR) is 111 cm³/mol. The zero-order chi connectivity index (χ0) is 19.9. The number of hydrogen-bond acceptors (Lipinski definition) is 6. The van der Waals surface area contributed by atoms with Crippen LogP contribution in [0.2, 0.25) is 0 Å². The number of aromatic nitrogens is 2. The highest BCUT2D eigenvalue weighted by molar-refractivity contribution is 7.99. The molecule has 0 unspecified atom stereocenters. The third-order valence-corrected chi connectivity index (χ3v) is 6.78. The zero-order valence-electron chi connectivity index (χ0n) is 15.8. The van der Waals surface area contributed by atoms with Crippen molar-refractivity contribution in [3.8, 4) is 0 Å². The molecule has 1 aromatic carbocycles. The number of nitro benzene ring substituents is 1. The van der Waals surface area contributed by atoms with Crippen LogP contribution >= 0.6 is 23.1 Å². The summed E-state index contributed by atoms with van der Waals surface area (Å²) in [6.45, 7) is 9.85. The molecule has 0 N–H and O–H groups in total. The van der Waals surface area contributed by atoms with E-state index < -0.39 is 4.92 Å². The Morgan fingerprint density at radius 3 is 2.59 bits per heavy atom. The molecule has 2 heterocycles. The average Bonchev–Trinajstić information content (AvgIpc) is 2.89. The third-order valence-electron chi connectivity index (χ3n) is 4.55. The van der Waals surface area contributed by atoms with Crippen molar-refractivity contribution in [1.82, 2.24) is 9.55 Å². The highest BCUT2D eigenvalue weighted by Gasteiger charge is 2.21. The lowest BCUT2D eigenvalue weighted by atomic mass is 10.1. The average molecular weight is 404 g/mol. The fourth-order valence-electron chi connectivity index (χ4n) is 2.94. The van der Waals surface area contributed by atoms with Gasteiger partial charge >= 0.3 is 0 Å². The molecule has 0 aliphatic rings. The molecule has 6 nitrogen and oxygen atoms in total. The largest absolute Gasteiger partial charge is 0.284 e. The summed E-state index contributed by atoms with van der Waals surface area (Å²) in [5.74, 6) is 0. The summed E-state index contributed by atoms with van der Waals surface area (Å²) in [5, 5.41) is 12.3. The second-order valence-corrected chi connectivity index (χ2v) is 9.25. The Bertz CT molecular complexity index is 1090. The molecule has 2 aromatic heterocycles. The molecule has 3 aromatic rings. The molecule has 0 amide bonds. The third kappa shape index (κ3) is 3.64. The quantitative estimate of drug-likeness (QED) is 0.246. The maximum Gasteiger partial charge on any atom is 0.269 e. The summed E-state index contributed by atoms with van der Waals surface area (Å²) in [4.78, 5) is 30.4. The molecule has 0 bridgehead atoms. The van der Waals surface area contributed by atoms with E-state index in [4.69, 9.17) is 4.98 Å². The van der Waals surface area contributed by atoms with Gasteiger partial charge in [-0.15, -0.1) is 11.3 Å². The van der Waals surface area contributed by atoms with Gasteiger partial charge in [-0.2, -0.15) is 0 Å². The lowest BCUT2D eigenvalue weighted by Gasteiger charge is -2.18. The summed E-state index contributed by atoms with van der Waals surface area (Å²) in [6, 6.07) is 6.57. The van der Waals surface area contributed by atoms with E-state index in [1.165, 1.54) is 29.2 Å². The van der Waals surface area contributed by atoms with E-state index in [1.54, 1.807) is 16.7 Å². The molecule has 0 aliphatic heterocycles. The summed E-state index contributed by atoms with van der Waals surface area (Å²) >= 11 is 2.98. The number of thiophene rings is 1. The predicted octanol–water partition coefficient (Wildman–Crippen LogP) is 5.42. The van der Waals surface area contributed by atoms with Crippen LogP contribution in [0, 0.1) is 24.0 Å². The SMILES string of the molecule is Cc1sc2nc(S[C@@H](C)c3cccc([N+](=O)[O-])c3)n(C(C)C)c(=O)c2c1C. The van der Waals surface area contributed by atoms with Crippen LogP contribution in [0.25, 0.3) is 10.2 Å². The van der Waals surface area contributed by atoms with Crippen molar-refractivity contribution in [3.05, 3.63) is 60.7 Å². The minimum absolute atomic E-state index is 0.0226. The first-order valence-electron chi connectivity index (χ1n) is 8.64. The van der Waals surface area contributed by atoms with Crippen LogP contribution in [0.3, 0.4) is 0 Å². The van der Waals surface area contributed by atoms with E-state index in [9.17, 15) is 14.9 Å². The maximum absolute atomic E-state index is 13.1. The lowest BCUT2D eigenvalue weighted by molar-refractivity contribution is -0.384. The van der Waals surface area contributed by atoms with Crippen LogP contribution in [0.4, 0.5) is 5.69 Å². The second-order valence-electron chi connectivity index (χ2n) is 6.74. The summed E-state index contributed by atoms with van der Waals surface area (Å²) in [7, 11) is 0. The molecule has 0 saturated carbocycles. The normalized spacial score (nSPS) is 12.7. The van der Waals surface area contributed by atoms with Gasteiger partial charge in [-0.05, 0) is 45.7 Å². The molecule has 142 valence electrons. The first kappa shape index (κ1) is 19.6. The Hall–Kier alpha value is -2.19. The topological polar surface area (TPSA) is 78.0 Å². The van der Waals surface area contributed by atoms with Crippen molar-refractivity contribution in [2.45, 2.75) is 51.1 Å². The smallest absolute Gasteiger partial charge is 0.269 e. The Balaban J connectivity index is 2.08. The van der Waals surface area contributed by atoms with Crippen molar-refractivity contribution < 1.29 is 4.92 Å². The molecule has 0 saturated heterocycles. The molecule has 3 rings (SSSR count). The lowest BCUT2D eigenvalue weighted by Crippen LogP contribution is -2.25. The Kier molecular flexibility index (Phi) is 5.39. The van der Waals surface area contributed by atoms with Gasteiger partial charge in [-0.25, -0.2) is 4.98 Å². The summed E-state index contributed by atoms with van der Waals surface area (Å²) in [6.07, 6.45) is 0. The van der Waals surface area contributed by atoms with Gasteiger partial charge in [-0.1, -0.05) is 23.9 Å². The molecule has 0 spiro atoms. The molecule has 0 aliphatic carbocycles. The molecule has 0 fully saturated rings. The van der Waals surface area contributed by atoms with E-state index in [0.717, 1.165) is 20.8 Å². The number of thioether (sulfide) groups is 1. The Morgan fingerprint density at radius 2 is 1.96 bits per heavy atom. The van der Waals surface area contributed by atoms with Crippen molar-refractivity contribution in [2.24, 2.45) is 0 Å². The van der Waals surface area contributed by atoms with E-state index in [-0.39, 0.29) is 22.5 Å². The first-order chi connectivity index (χ1) is 12.7. The highest BCUT2D eigenvalue weighted by Crippen LogP contribution is 2.37. The van der Waals surface area contributed by atoms with Crippen LogP contribution in [-0.2, 0) is 0 Å². The minimum Gasteiger partial charge on any atom is -0.284 e. The van der Waals surface area contributed by atoms with E-state index >= 15 is 0 Å². The highest BCUT2D eigenvalue weighted by atomic mass is 32.2. The fourth-order valence-corrected chi connectivity index (χ4v) is 5.17. The number of non-ortho nitro benzene ring substituents is 1. The minimum atomic E-state index is -0.396. The number of rotatable bonds is 5. The number of hydrogen-bond donors (Lipinski definition) is 0. The maximum atomic E-state index is 13.1. The van der Waals surface area contributed by atoms with Gasteiger partial charge in [0.05, 0.1) is 10.3 Å². The molecule has 0 radical (unpaired) electrons. The van der Waals surface area contributed by atoms with Crippen LogP contribution in [0.1, 0.15) is 48.1 Å².